The molecular weight excluding hydrogens is 587 g/mol. The van der Waals surface area contributed by atoms with Crippen molar-refractivity contribution < 1.29 is 0 Å². The minimum Gasteiger partial charge on any atom is -0.313 e. The third kappa shape index (κ3) is 4.17. The number of hydrogen-bond acceptors (Lipinski definition) is 4. The van der Waals surface area contributed by atoms with Gasteiger partial charge < -0.3 is 14.8 Å². The van der Waals surface area contributed by atoms with Gasteiger partial charge in [-0.05, 0) is 59.0 Å². The fraction of sp³-hybridized carbons (Fsp3) is 0.116. The molecule has 6 aromatic rings. The number of amidine groups is 1. The summed E-state index contributed by atoms with van der Waals surface area (Å²) in [6.07, 6.45) is 13.5. The Balaban J connectivity index is 1.23. The van der Waals surface area contributed by atoms with E-state index in [0.717, 1.165) is 35.8 Å². The summed E-state index contributed by atoms with van der Waals surface area (Å²) < 4.78 is 2.50. The summed E-state index contributed by atoms with van der Waals surface area (Å²) in [5.41, 5.74) is 7.24. The third-order valence-corrected chi connectivity index (χ3v) is 10.2. The molecule has 10 rings (SSSR count). The smallest absolute Gasteiger partial charge is 0.207 e. The fourth-order valence-corrected chi connectivity index (χ4v) is 8.08. The third-order valence-electron chi connectivity index (χ3n) is 10.2. The lowest BCUT2D eigenvalue weighted by Crippen LogP contribution is -2.51. The highest BCUT2D eigenvalue weighted by Gasteiger charge is 2.42. The number of nitrogens with zero attached hydrogens (tertiary/aromatic N) is 4. The van der Waals surface area contributed by atoms with E-state index in [1.54, 1.807) is 0 Å². The number of rotatable bonds is 3. The number of fused-ring (bicyclic) bond motifs is 8. The Morgan fingerprint density at radius 3 is 2.31 bits per heavy atom. The number of para-hydroxylation sites is 1. The summed E-state index contributed by atoms with van der Waals surface area (Å²) >= 11 is 0. The van der Waals surface area contributed by atoms with Crippen LogP contribution in [0.3, 0.4) is 0 Å². The predicted octanol–water partition coefficient (Wildman–Crippen LogP) is 7.64. The molecule has 0 saturated carbocycles. The molecule has 3 heterocycles. The van der Waals surface area contributed by atoms with E-state index >= 15 is 0 Å². The number of aliphatic imine (C=N–C) groups is 2. The Hall–Kier alpha value is -5.94. The van der Waals surface area contributed by atoms with Gasteiger partial charge in [-0.1, -0.05) is 127 Å². The zero-order chi connectivity index (χ0) is 31.6. The normalized spacial score (nSPS) is 20.9. The first-order chi connectivity index (χ1) is 23.8. The Morgan fingerprint density at radius 2 is 1.48 bits per heavy atom. The van der Waals surface area contributed by atoms with Gasteiger partial charge in [0.1, 0.15) is 5.84 Å². The standard InChI is InChI=1S/C43H33N5/c1-4-15-29(16-5-1)41-44-42(30-17-6-2-7-18-30)46-43(45-41)48-37-25-24-28-14-10-11-21-32(28)40(37)35-26-34-33-22-12-13-23-36(33)47(38(34)27-39(35)48)31-19-8-3-9-20-31/h1-8,10-19,21-27,35,39,41H,9,20H2,(H,44,45,46). The van der Waals surface area contributed by atoms with Crippen molar-refractivity contribution in [2.24, 2.45) is 9.98 Å². The molecule has 230 valence electrons. The minimum absolute atomic E-state index is 0.0129. The highest BCUT2D eigenvalue weighted by Crippen LogP contribution is 2.47. The van der Waals surface area contributed by atoms with Gasteiger partial charge in [0.2, 0.25) is 5.96 Å². The van der Waals surface area contributed by atoms with E-state index < -0.39 is 0 Å². The molecule has 5 nitrogen and oxygen atoms in total. The van der Waals surface area contributed by atoms with Gasteiger partial charge in [0.05, 0.1) is 16.9 Å². The van der Waals surface area contributed by atoms with Gasteiger partial charge in [0, 0.05) is 33.5 Å². The van der Waals surface area contributed by atoms with Crippen LogP contribution in [0.1, 0.15) is 41.6 Å². The maximum atomic E-state index is 5.37. The maximum absolute atomic E-state index is 5.37. The van der Waals surface area contributed by atoms with E-state index in [9.17, 15) is 0 Å². The second-order valence-electron chi connectivity index (χ2n) is 12.9. The summed E-state index contributed by atoms with van der Waals surface area (Å²) in [4.78, 5) is 13.0. The second kappa shape index (κ2) is 10.8. The molecule has 5 aromatic carbocycles. The fourth-order valence-electron chi connectivity index (χ4n) is 8.08. The number of guanidine groups is 1. The molecule has 0 spiro atoms. The summed E-state index contributed by atoms with van der Waals surface area (Å²) in [5, 5.41) is 10.1. The molecule has 0 fully saturated rings. The quantitative estimate of drug-likeness (QED) is 0.221. The molecule has 4 aliphatic rings. The van der Waals surface area contributed by atoms with Crippen molar-refractivity contribution in [1.82, 2.24) is 9.88 Å². The molecule has 3 atom stereocenters. The molecule has 2 aliphatic heterocycles. The van der Waals surface area contributed by atoms with Gasteiger partial charge in [-0.3, -0.25) is 0 Å². The lowest BCUT2D eigenvalue weighted by molar-refractivity contribution is 0.730. The number of nitrogens with one attached hydrogen (secondary N) is 1. The van der Waals surface area contributed by atoms with Crippen LogP contribution in [0.4, 0.5) is 5.69 Å². The average Bonchev–Trinajstić information content (AvgIpc) is 3.67. The molecule has 5 heteroatoms. The van der Waals surface area contributed by atoms with Crippen LogP contribution in [0.5, 0.6) is 0 Å². The van der Waals surface area contributed by atoms with Crippen molar-refractivity contribution in [1.29, 1.82) is 0 Å². The largest absolute Gasteiger partial charge is 0.313 e. The number of hydrogen-bond donors (Lipinski definition) is 1. The lowest BCUT2D eigenvalue weighted by atomic mass is 9.87. The van der Waals surface area contributed by atoms with Crippen LogP contribution < -0.4 is 20.8 Å². The Morgan fingerprint density at radius 1 is 0.708 bits per heavy atom. The van der Waals surface area contributed by atoms with Gasteiger partial charge >= 0.3 is 0 Å². The highest BCUT2D eigenvalue weighted by molar-refractivity contribution is 6.16. The zero-order valence-corrected chi connectivity index (χ0v) is 26.4. The Bertz CT molecular complexity index is 2500. The zero-order valence-electron chi connectivity index (χ0n) is 26.4. The number of allylic oxidation sites excluding steroid dienone is 4. The number of anilines is 1. The highest BCUT2D eigenvalue weighted by atomic mass is 15.4. The van der Waals surface area contributed by atoms with Gasteiger partial charge in [-0.15, -0.1) is 0 Å². The van der Waals surface area contributed by atoms with Crippen molar-refractivity contribution in [2.45, 2.75) is 31.0 Å². The molecule has 0 amide bonds. The number of aromatic nitrogens is 1. The van der Waals surface area contributed by atoms with Crippen molar-refractivity contribution >= 4 is 57.0 Å². The van der Waals surface area contributed by atoms with Crippen molar-refractivity contribution in [3.05, 3.63) is 167 Å². The summed E-state index contributed by atoms with van der Waals surface area (Å²) in [6, 6.07) is 43.1. The van der Waals surface area contributed by atoms with Crippen LogP contribution in [0.15, 0.2) is 150 Å². The van der Waals surface area contributed by atoms with Crippen molar-refractivity contribution in [3.63, 3.8) is 0 Å². The first-order valence-corrected chi connectivity index (χ1v) is 16.8. The van der Waals surface area contributed by atoms with Crippen LogP contribution >= 0.6 is 0 Å². The van der Waals surface area contributed by atoms with Gasteiger partial charge in [0.15, 0.2) is 6.17 Å². The molecule has 1 aromatic heterocycles. The first-order valence-electron chi connectivity index (χ1n) is 16.8. The van der Waals surface area contributed by atoms with E-state index in [-0.39, 0.29) is 18.1 Å². The van der Waals surface area contributed by atoms with E-state index in [0.29, 0.717) is 0 Å². The topological polar surface area (TPSA) is 44.9 Å². The summed E-state index contributed by atoms with van der Waals surface area (Å²) in [5.74, 6) is 1.78. The molecule has 0 saturated heterocycles. The first kappa shape index (κ1) is 27.2. The Labute approximate surface area is 278 Å². The average molecular weight is 620 g/mol. The van der Waals surface area contributed by atoms with E-state index in [1.165, 1.54) is 49.2 Å². The van der Waals surface area contributed by atoms with Crippen LogP contribution in [0.25, 0.3) is 39.5 Å². The van der Waals surface area contributed by atoms with E-state index in [4.69, 9.17) is 9.98 Å². The van der Waals surface area contributed by atoms with Gasteiger partial charge in [-0.25, -0.2) is 9.98 Å². The molecule has 2 aliphatic carbocycles. The molecule has 48 heavy (non-hydrogen) atoms. The minimum atomic E-state index is -0.366. The number of benzene rings is 5. The molecule has 0 radical (unpaired) electrons. The second-order valence-corrected chi connectivity index (χ2v) is 12.9. The van der Waals surface area contributed by atoms with E-state index in [2.05, 4.69) is 154 Å². The van der Waals surface area contributed by atoms with E-state index in [1.807, 2.05) is 12.1 Å². The van der Waals surface area contributed by atoms with Crippen LogP contribution in [0, 0.1) is 0 Å². The van der Waals surface area contributed by atoms with Crippen molar-refractivity contribution in [2.75, 3.05) is 4.90 Å². The van der Waals surface area contributed by atoms with Gasteiger partial charge in [-0.2, -0.15) is 0 Å². The van der Waals surface area contributed by atoms with Gasteiger partial charge in [0.25, 0.3) is 0 Å². The maximum Gasteiger partial charge on any atom is 0.207 e. The molecule has 1 N–H and O–H groups in total. The van der Waals surface area contributed by atoms with Crippen LogP contribution in [-0.4, -0.2) is 22.4 Å². The summed E-state index contributed by atoms with van der Waals surface area (Å²) in [7, 11) is 0. The monoisotopic (exact) mass is 619 g/mol. The Kier molecular flexibility index (Phi) is 6.13. The van der Waals surface area contributed by atoms with Crippen molar-refractivity contribution in [3.8, 4) is 0 Å². The molecule has 3 unspecified atom stereocenters. The van der Waals surface area contributed by atoms with Crippen LogP contribution in [-0.2, 0) is 0 Å². The summed E-state index contributed by atoms with van der Waals surface area (Å²) in [6.45, 7) is 0. The SMILES string of the molecule is C1=CCCC(n2c3c(c4ccccc42)=CC2c4c(ccc5ccccc45)N(C4=NC(c5ccccc5)N=C(c5ccccc5)N4)C2C=3)=C1. The van der Waals surface area contributed by atoms with Crippen LogP contribution in [0.2, 0.25) is 0 Å². The lowest BCUT2D eigenvalue weighted by Gasteiger charge is -2.33. The molecular formula is C43H33N5. The molecule has 0 bridgehead atoms. The predicted molar refractivity (Wildman–Crippen MR) is 198 cm³/mol.